The van der Waals surface area contributed by atoms with Crippen LogP contribution in [0.25, 0.3) is 0 Å². The molecule has 0 radical (unpaired) electrons. The van der Waals surface area contributed by atoms with Crippen LogP contribution in [0.1, 0.15) is 13.3 Å². The summed E-state index contributed by atoms with van der Waals surface area (Å²) in [5, 5.41) is 0.0405. The molecule has 0 aliphatic carbocycles. The maximum atomic E-state index is 12.1. The topological polar surface area (TPSA) is 55.2 Å². The third-order valence-electron chi connectivity index (χ3n) is 2.03. The van der Waals surface area contributed by atoms with Crippen LogP contribution in [0.5, 0.6) is 0 Å². The summed E-state index contributed by atoms with van der Waals surface area (Å²) in [4.78, 5) is 3.84. The van der Waals surface area contributed by atoms with Crippen molar-refractivity contribution < 1.29 is 8.42 Å². The van der Waals surface area contributed by atoms with Crippen LogP contribution in [0.2, 0.25) is 0 Å². The third kappa shape index (κ3) is 2.62. The van der Waals surface area contributed by atoms with E-state index in [9.17, 15) is 8.42 Å². The Morgan fingerprint density at radius 2 is 2.31 bits per heavy atom. The van der Waals surface area contributed by atoms with Crippen molar-refractivity contribution >= 4 is 10.0 Å². The second kappa shape index (κ2) is 5.14. The quantitative estimate of drug-likeness (QED) is 0.703. The molecule has 1 rings (SSSR count). The van der Waals surface area contributed by atoms with Crippen molar-refractivity contribution in [1.29, 1.82) is 0 Å². The van der Waals surface area contributed by atoms with Gasteiger partial charge in [0, 0.05) is 19.8 Å². The Labute approximate surface area is 96.1 Å². The number of aromatic nitrogens is 2. The van der Waals surface area contributed by atoms with Crippen LogP contribution in [0.4, 0.5) is 0 Å². The predicted octanol–water partition coefficient (Wildman–Crippen LogP) is 0.454. The highest BCUT2D eigenvalue weighted by Crippen LogP contribution is 2.12. The largest absolute Gasteiger partial charge is 0.339 e. The predicted molar refractivity (Wildman–Crippen MR) is 61.1 cm³/mol. The number of sulfonamides is 1. The van der Waals surface area contributed by atoms with Crippen molar-refractivity contribution in [3.63, 3.8) is 0 Å². The first kappa shape index (κ1) is 12.7. The van der Waals surface area contributed by atoms with E-state index in [0.29, 0.717) is 13.0 Å². The van der Waals surface area contributed by atoms with Gasteiger partial charge in [-0.1, -0.05) is 12.8 Å². The highest BCUT2D eigenvalue weighted by Gasteiger charge is 2.25. The molecule has 0 fully saturated rings. The second-order valence-corrected chi connectivity index (χ2v) is 5.30. The van der Waals surface area contributed by atoms with E-state index in [0.717, 1.165) is 0 Å². The molecule has 6 heteroatoms. The Bertz CT molecular complexity index is 484. The summed E-state index contributed by atoms with van der Waals surface area (Å²) in [5.41, 5.74) is 0. The summed E-state index contributed by atoms with van der Waals surface area (Å²) in [6.07, 6.45) is 8.79. The normalized spacial score (nSPS) is 11.6. The molecule has 0 unspecified atom stereocenters. The van der Waals surface area contributed by atoms with Crippen molar-refractivity contribution in [1.82, 2.24) is 13.9 Å². The van der Waals surface area contributed by atoms with Gasteiger partial charge < -0.3 is 4.57 Å². The lowest BCUT2D eigenvalue weighted by atomic mass is 10.5. The smallest absolute Gasteiger partial charge is 0.262 e. The van der Waals surface area contributed by atoms with Gasteiger partial charge in [0.1, 0.15) is 0 Å². The summed E-state index contributed by atoms with van der Waals surface area (Å²) in [6, 6.07) is 0. The monoisotopic (exact) mass is 241 g/mol. The second-order valence-electron chi connectivity index (χ2n) is 3.42. The first-order valence-corrected chi connectivity index (χ1v) is 6.38. The SMILES string of the molecule is C#CCN(CCC)S(=O)(=O)c1cn(C)cn1. The Balaban J connectivity index is 3.03. The van der Waals surface area contributed by atoms with Crippen molar-refractivity contribution in [2.75, 3.05) is 13.1 Å². The zero-order chi connectivity index (χ0) is 12.2. The van der Waals surface area contributed by atoms with Crippen molar-refractivity contribution in [3.05, 3.63) is 12.5 Å². The van der Waals surface area contributed by atoms with Crippen LogP contribution in [-0.2, 0) is 17.1 Å². The summed E-state index contributed by atoms with van der Waals surface area (Å²) in [6.45, 7) is 2.38. The maximum absolute atomic E-state index is 12.1. The lowest BCUT2D eigenvalue weighted by Crippen LogP contribution is -2.32. The van der Waals surface area contributed by atoms with Gasteiger partial charge in [-0.3, -0.25) is 0 Å². The molecule has 0 atom stereocenters. The standard InChI is InChI=1S/C10H15N3O2S/c1-4-6-13(7-5-2)16(14,15)10-8-12(3)9-11-10/h1,8-9H,5-7H2,2-3H3. The number of rotatable bonds is 5. The van der Waals surface area contributed by atoms with Gasteiger partial charge in [-0.05, 0) is 6.42 Å². The van der Waals surface area contributed by atoms with Gasteiger partial charge in [0.2, 0.25) is 0 Å². The van der Waals surface area contributed by atoms with Gasteiger partial charge in [-0.2, -0.15) is 4.31 Å². The molecule has 1 heterocycles. The first-order valence-electron chi connectivity index (χ1n) is 4.94. The molecule has 1 aromatic rings. The van der Waals surface area contributed by atoms with Crippen LogP contribution in [-0.4, -0.2) is 35.4 Å². The molecule has 0 amide bonds. The molecule has 0 bridgehead atoms. The number of aryl methyl sites for hydroxylation is 1. The van der Waals surface area contributed by atoms with Crippen LogP contribution in [0.15, 0.2) is 17.6 Å². The van der Waals surface area contributed by atoms with E-state index in [-0.39, 0.29) is 11.6 Å². The average molecular weight is 241 g/mol. The van der Waals surface area contributed by atoms with Crippen molar-refractivity contribution in [2.24, 2.45) is 7.05 Å². The summed E-state index contributed by atoms with van der Waals surface area (Å²) in [7, 11) is -1.83. The van der Waals surface area contributed by atoms with Gasteiger partial charge in [0.25, 0.3) is 10.0 Å². The Hall–Kier alpha value is -1.32. The van der Waals surface area contributed by atoms with E-state index in [1.54, 1.807) is 11.6 Å². The molecule has 0 saturated heterocycles. The zero-order valence-electron chi connectivity index (χ0n) is 9.42. The van der Waals surface area contributed by atoms with Crippen molar-refractivity contribution in [2.45, 2.75) is 18.4 Å². The number of terminal acetylenes is 1. The Kier molecular flexibility index (Phi) is 4.10. The molecule has 0 saturated carbocycles. The summed E-state index contributed by atoms with van der Waals surface area (Å²) in [5.74, 6) is 2.35. The van der Waals surface area contributed by atoms with Gasteiger partial charge in [-0.15, -0.1) is 6.42 Å². The maximum Gasteiger partial charge on any atom is 0.262 e. The van der Waals surface area contributed by atoms with E-state index >= 15 is 0 Å². The molecule has 0 spiro atoms. The minimum Gasteiger partial charge on any atom is -0.339 e. The number of nitrogens with zero attached hydrogens (tertiary/aromatic N) is 3. The number of hydrogen-bond donors (Lipinski definition) is 0. The van der Waals surface area contributed by atoms with E-state index in [1.807, 2.05) is 6.92 Å². The highest BCUT2D eigenvalue weighted by atomic mass is 32.2. The lowest BCUT2D eigenvalue weighted by Gasteiger charge is -2.17. The third-order valence-corrected chi connectivity index (χ3v) is 3.76. The van der Waals surface area contributed by atoms with E-state index in [4.69, 9.17) is 6.42 Å². The lowest BCUT2D eigenvalue weighted by molar-refractivity contribution is 0.443. The van der Waals surface area contributed by atoms with E-state index in [1.165, 1.54) is 16.8 Å². The molecule has 0 N–H and O–H groups in total. The molecule has 0 aliphatic heterocycles. The fourth-order valence-electron chi connectivity index (χ4n) is 1.29. The molecular formula is C10H15N3O2S. The molecule has 0 aromatic carbocycles. The van der Waals surface area contributed by atoms with Gasteiger partial charge in [-0.25, -0.2) is 13.4 Å². The highest BCUT2D eigenvalue weighted by molar-refractivity contribution is 7.89. The van der Waals surface area contributed by atoms with Gasteiger partial charge >= 0.3 is 0 Å². The van der Waals surface area contributed by atoms with E-state index in [2.05, 4.69) is 10.9 Å². The fraction of sp³-hybridized carbons (Fsp3) is 0.500. The average Bonchev–Trinajstić information content (AvgIpc) is 2.65. The molecule has 1 aromatic heterocycles. The van der Waals surface area contributed by atoms with Gasteiger partial charge in [0.05, 0.1) is 12.9 Å². The van der Waals surface area contributed by atoms with Crippen LogP contribution >= 0.6 is 0 Å². The number of hydrogen-bond acceptors (Lipinski definition) is 3. The first-order chi connectivity index (χ1) is 7.52. The molecular weight excluding hydrogens is 226 g/mol. The molecule has 88 valence electrons. The minimum absolute atomic E-state index is 0.0405. The Morgan fingerprint density at radius 1 is 1.62 bits per heavy atom. The van der Waals surface area contributed by atoms with Crippen LogP contribution < -0.4 is 0 Å². The van der Waals surface area contributed by atoms with Crippen molar-refractivity contribution in [3.8, 4) is 12.3 Å². The minimum atomic E-state index is -3.55. The van der Waals surface area contributed by atoms with Gasteiger partial charge in [0.15, 0.2) is 5.03 Å². The molecule has 0 aliphatic rings. The molecule has 16 heavy (non-hydrogen) atoms. The molecule has 5 nitrogen and oxygen atoms in total. The summed E-state index contributed by atoms with van der Waals surface area (Å²) < 4.78 is 27.0. The fourth-order valence-corrected chi connectivity index (χ4v) is 2.70. The van der Waals surface area contributed by atoms with Crippen LogP contribution in [0.3, 0.4) is 0 Å². The van der Waals surface area contributed by atoms with Crippen LogP contribution in [0, 0.1) is 12.3 Å². The number of imidazole rings is 1. The Morgan fingerprint density at radius 3 is 2.75 bits per heavy atom. The van der Waals surface area contributed by atoms with E-state index < -0.39 is 10.0 Å². The zero-order valence-corrected chi connectivity index (χ0v) is 10.2. The summed E-state index contributed by atoms with van der Waals surface area (Å²) >= 11 is 0.